The first-order valence-electron chi connectivity index (χ1n) is 18.8. The van der Waals surface area contributed by atoms with Crippen LogP contribution in [0.5, 0.6) is 0 Å². The minimum atomic E-state index is -1.37. The minimum Gasteiger partial charge on any atom is -0.463 e. The summed E-state index contributed by atoms with van der Waals surface area (Å²) in [7, 11) is 0. The van der Waals surface area contributed by atoms with Gasteiger partial charge in [0.05, 0.1) is 12.2 Å². The van der Waals surface area contributed by atoms with Gasteiger partial charge in [-0.05, 0) is 84.2 Å². The van der Waals surface area contributed by atoms with Crippen molar-refractivity contribution in [2.45, 2.75) is 86.2 Å². The van der Waals surface area contributed by atoms with Crippen molar-refractivity contribution in [2.75, 3.05) is 6.61 Å². The Morgan fingerprint density at radius 2 is 1.48 bits per heavy atom. The number of aryl methyl sites for hydroxylation is 1. The Morgan fingerprint density at radius 1 is 0.839 bits per heavy atom. The highest BCUT2D eigenvalue weighted by atomic mass is 16.6. The lowest BCUT2D eigenvalue weighted by atomic mass is 9.84. The molecule has 1 aliphatic heterocycles. The quantitative estimate of drug-likeness (QED) is 0.0613. The number of ketones is 3. The second-order valence-corrected chi connectivity index (χ2v) is 14.5. The highest BCUT2D eigenvalue weighted by molar-refractivity contribution is 6.32. The summed E-state index contributed by atoms with van der Waals surface area (Å²) in [6.45, 7) is 29.1. The summed E-state index contributed by atoms with van der Waals surface area (Å²) in [6, 6.07) is 25.9. The van der Waals surface area contributed by atoms with Crippen LogP contribution in [0.4, 0.5) is 0 Å². The molecule has 7 heteroatoms. The van der Waals surface area contributed by atoms with Crippen molar-refractivity contribution < 1.29 is 34.9 Å². The van der Waals surface area contributed by atoms with Gasteiger partial charge < -0.3 is 9.47 Å². The predicted molar refractivity (Wildman–Crippen MR) is 227 cm³/mol. The molecule has 0 saturated heterocycles. The Morgan fingerprint density at radius 3 is 2.05 bits per heavy atom. The summed E-state index contributed by atoms with van der Waals surface area (Å²) >= 11 is 0. The molecule has 7 nitrogen and oxygen atoms in total. The molecule has 0 aliphatic carbocycles. The number of allylic oxidation sites excluding steroid dienone is 2. The maximum absolute atomic E-state index is 13.8. The van der Waals surface area contributed by atoms with Gasteiger partial charge in [-0.2, -0.15) is 0 Å². The molecule has 4 aromatic carbocycles. The van der Waals surface area contributed by atoms with Gasteiger partial charge in [-0.25, -0.2) is 9.59 Å². The Labute approximate surface area is 333 Å². The summed E-state index contributed by atoms with van der Waals surface area (Å²) < 4.78 is 10.3. The van der Waals surface area contributed by atoms with Gasteiger partial charge in [-0.1, -0.05) is 127 Å². The lowest BCUT2D eigenvalue weighted by Gasteiger charge is -2.24. The number of hydrogen-bond acceptors (Lipinski definition) is 7. The molecule has 0 spiro atoms. The number of hydrogen-bond donors (Lipinski definition) is 0. The molecule has 0 amide bonds. The van der Waals surface area contributed by atoms with Crippen LogP contribution in [0.25, 0.3) is 16.7 Å². The fourth-order valence-corrected chi connectivity index (χ4v) is 6.45. The normalized spacial score (nSPS) is 14.1. The first-order valence-corrected chi connectivity index (χ1v) is 18.8. The third-order valence-corrected chi connectivity index (χ3v) is 9.21. The van der Waals surface area contributed by atoms with Gasteiger partial charge in [0.15, 0.2) is 11.6 Å². The van der Waals surface area contributed by atoms with E-state index < -0.39 is 17.5 Å². The van der Waals surface area contributed by atoms with Crippen LogP contribution in [0.15, 0.2) is 116 Å². The zero-order valence-electron chi connectivity index (χ0n) is 34.3. The monoisotopic (exact) mass is 756 g/mol. The van der Waals surface area contributed by atoms with Crippen LogP contribution in [-0.2, 0) is 36.5 Å². The lowest BCUT2D eigenvalue weighted by Crippen LogP contribution is -2.37. The molecule has 1 heterocycles. The molecule has 1 atom stereocenters. The van der Waals surface area contributed by atoms with E-state index in [1.54, 1.807) is 68.5 Å². The molecule has 0 aromatic heterocycles. The van der Waals surface area contributed by atoms with Crippen LogP contribution >= 0.6 is 0 Å². The van der Waals surface area contributed by atoms with Crippen LogP contribution in [0.2, 0.25) is 0 Å². The maximum Gasteiger partial charge on any atom is 0.355 e. The molecule has 5 rings (SSSR count). The Hall–Kier alpha value is -5.95. The Bertz CT molecular complexity index is 2170. The molecule has 0 N–H and O–H groups in total. The van der Waals surface area contributed by atoms with Gasteiger partial charge in [0.2, 0.25) is 5.60 Å². The number of carbonyl (C=O) groups excluding carboxylic acids is 5. The van der Waals surface area contributed by atoms with Crippen molar-refractivity contribution in [1.82, 2.24) is 0 Å². The van der Waals surface area contributed by atoms with Gasteiger partial charge in [0.25, 0.3) is 0 Å². The molecule has 0 saturated carbocycles. The number of ether oxygens (including phenoxy) is 2. The predicted octanol–water partition coefficient (Wildman–Crippen LogP) is 11.2. The highest BCUT2D eigenvalue weighted by Crippen LogP contribution is 2.40. The van der Waals surface area contributed by atoms with Crippen molar-refractivity contribution in [3.8, 4) is 11.1 Å². The summed E-state index contributed by atoms with van der Waals surface area (Å²) in [5.41, 5.74) is 6.23. The molecule has 0 radical (unpaired) electrons. The van der Waals surface area contributed by atoms with Gasteiger partial charge in [-0.3, -0.25) is 14.4 Å². The standard InChI is InChI=1S/C33H34O3.C14H14O4.C2H6.H2/c1-20(2)31(35)29-19-24(18-22(4)34)12-17-27(29)23(5)32(36)28-11-9-10-21(3)30(28)25-13-15-26(16-14-25)33(6,7)8;1-3-9-14(13(16)17-4-2)11-8-6-5-7-10(11)12(15)18-14;1-2;/h9-17,19H,1,5,18H2,2-4,6-8H3;3,5-8H,1,4,9H2,2H3;1-2H3;1H. The summed E-state index contributed by atoms with van der Waals surface area (Å²) in [5.74, 6) is -1.58. The first kappa shape index (κ1) is 44.4. The largest absolute Gasteiger partial charge is 0.463 e. The van der Waals surface area contributed by atoms with Crippen molar-refractivity contribution in [3.63, 3.8) is 0 Å². The molecule has 1 unspecified atom stereocenters. The SMILES string of the molecule is C=C(C)C(=O)c1cc(CC(C)=O)ccc1C(=C)C(=O)c1cccc(C)c1-c1ccc(C(C)(C)C)cc1.C=CCC1(C(=O)OCC)OC(=O)c2ccccc21.CC.[HH]. The van der Waals surface area contributed by atoms with Crippen LogP contribution in [-0.4, -0.2) is 35.9 Å². The minimum absolute atomic E-state index is 0. The van der Waals surface area contributed by atoms with Crippen molar-refractivity contribution in [1.29, 1.82) is 0 Å². The number of fused-ring (bicyclic) bond motifs is 1. The van der Waals surface area contributed by atoms with Crippen LogP contribution in [0.1, 0.15) is 122 Å². The number of benzene rings is 4. The van der Waals surface area contributed by atoms with Gasteiger partial charge in [-0.15, -0.1) is 6.58 Å². The first-order chi connectivity index (χ1) is 26.5. The van der Waals surface area contributed by atoms with Crippen molar-refractivity contribution in [3.05, 3.63) is 161 Å². The average Bonchev–Trinajstić information content (AvgIpc) is 3.46. The van der Waals surface area contributed by atoms with Crippen molar-refractivity contribution >= 4 is 34.9 Å². The molecular weight excluding hydrogens is 701 g/mol. The van der Waals surface area contributed by atoms with E-state index in [0.717, 1.165) is 16.7 Å². The summed E-state index contributed by atoms with van der Waals surface area (Å²) in [5, 5.41) is 0. The third kappa shape index (κ3) is 9.82. The smallest absolute Gasteiger partial charge is 0.355 e. The second-order valence-electron chi connectivity index (χ2n) is 14.5. The van der Waals surface area contributed by atoms with E-state index in [2.05, 4.69) is 64.8 Å². The molecule has 0 bridgehead atoms. The zero-order valence-corrected chi connectivity index (χ0v) is 34.3. The van der Waals surface area contributed by atoms with E-state index in [1.165, 1.54) is 12.5 Å². The molecular formula is C49H56O7. The second kappa shape index (κ2) is 19.1. The van der Waals surface area contributed by atoms with Crippen LogP contribution in [0, 0.1) is 6.92 Å². The number of esters is 2. The molecule has 56 heavy (non-hydrogen) atoms. The van der Waals surface area contributed by atoms with Gasteiger partial charge in [0.1, 0.15) is 5.78 Å². The fourth-order valence-electron chi connectivity index (χ4n) is 6.45. The Kier molecular flexibility index (Phi) is 15.1. The third-order valence-electron chi connectivity index (χ3n) is 9.21. The van der Waals surface area contributed by atoms with Crippen molar-refractivity contribution in [2.24, 2.45) is 0 Å². The molecule has 294 valence electrons. The number of rotatable bonds is 12. The number of carbonyl (C=O) groups is 5. The van der Waals surface area contributed by atoms with Gasteiger partial charge >= 0.3 is 11.9 Å². The van der Waals surface area contributed by atoms with E-state index in [4.69, 9.17) is 9.47 Å². The topological polar surface area (TPSA) is 104 Å². The molecule has 0 fully saturated rings. The van der Waals surface area contributed by atoms with E-state index in [1.807, 2.05) is 32.9 Å². The average molecular weight is 757 g/mol. The van der Waals surface area contributed by atoms with Gasteiger partial charge in [0, 0.05) is 36.5 Å². The molecule has 4 aromatic rings. The number of cyclic esters (lactones) is 1. The number of Topliss-reactive ketones (excluding diaryl/α,β-unsaturated/α-hetero) is 3. The summed E-state index contributed by atoms with van der Waals surface area (Å²) in [4.78, 5) is 62.4. The van der Waals surface area contributed by atoms with E-state index in [0.29, 0.717) is 39.0 Å². The maximum atomic E-state index is 13.8. The van der Waals surface area contributed by atoms with Crippen LogP contribution in [0.3, 0.4) is 0 Å². The molecule has 1 aliphatic rings. The van der Waals surface area contributed by atoms with E-state index >= 15 is 0 Å². The fraction of sp³-hybridized carbons (Fsp3) is 0.286. The van der Waals surface area contributed by atoms with E-state index in [9.17, 15) is 24.0 Å². The summed E-state index contributed by atoms with van der Waals surface area (Å²) in [6.07, 6.45) is 1.96. The zero-order chi connectivity index (χ0) is 42.0. The van der Waals surface area contributed by atoms with E-state index in [-0.39, 0.29) is 49.2 Å². The Balaban J connectivity index is 0.000000448. The van der Waals surface area contributed by atoms with Crippen LogP contribution < -0.4 is 0 Å². The lowest BCUT2D eigenvalue weighted by molar-refractivity contribution is -0.165. The highest BCUT2D eigenvalue weighted by Gasteiger charge is 2.51.